The van der Waals surface area contributed by atoms with Crippen molar-refractivity contribution in [1.29, 1.82) is 0 Å². The zero-order valence-electron chi connectivity index (χ0n) is 16.6. The molecule has 3 aromatic heterocycles. The highest BCUT2D eigenvalue weighted by Gasteiger charge is 2.22. The number of hydrogen-bond acceptors (Lipinski definition) is 6. The van der Waals surface area contributed by atoms with Crippen LogP contribution < -0.4 is 10.2 Å². The molecule has 0 spiro atoms. The summed E-state index contributed by atoms with van der Waals surface area (Å²) in [6.45, 7) is 5.13. The predicted molar refractivity (Wildman–Crippen MR) is 115 cm³/mol. The maximum Gasteiger partial charge on any atom is 0.129 e. The summed E-state index contributed by atoms with van der Waals surface area (Å²) in [5, 5.41) is 19.3. The van der Waals surface area contributed by atoms with Gasteiger partial charge in [-0.05, 0) is 43.3 Å². The summed E-state index contributed by atoms with van der Waals surface area (Å²) in [7, 11) is 1.87. The van der Waals surface area contributed by atoms with Crippen molar-refractivity contribution in [2.24, 2.45) is 7.05 Å². The molecule has 1 unspecified atom stereocenters. The van der Waals surface area contributed by atoms with Gasteiger partial charge in [0, 0.05) is 49.4 Å². The standard InChI is InChI=1S/C22H24N6O/c1-3-23-15-8-9-28(13-15)22-7-6-18-19(25-22)5-4-17(24-18)16-10-14-12-27(2)26-20(14)11-21(16)29/h4-7,10-12,15,23,29H,3,8-9,13H2,1-2H3. The minimum atomic E-state index is 0.180. The molecule has 1 atom stereocenters. The smallest absolute Gasteiger partial charge is 0.129 e. The van der Waals surface area contributed by atoms with Crippen LogP contribution in [0.2, 0.25) is 0 Å². The Kier molecular flexibility index (Phi) is 4.32. The second-order valence-electron chi connectivity index (χ2n) is 7.62. The van der Waals surface area contributed by atoms with Gasteiger partial charge in [-0.3, -0.25) is 4.68 Å². The molecule has 0 amide bonds. The van der Waals surface area contributed by atoms with Crippen molar-refractivity contribution in [2.45, 2.75) is 19.4 Å². The van der Waals surface area contributed by atoms with Crippen LogP contribution >= 0.6 is 0 Å². The normalized spacial score (nSPS) is 16.9. The summed E-state index contributed by atoms with van der Waals surface area (Å²) in [6, 6.07) is 12.1. The lowest BCUT2D eigenvalue weighted by molar-refractivity contribution is 0.478. The van der Waals surface area contributed by atoms with Crippen LogP contribution in [0.4, 0.5) is 5.82 Å². The van der Waals surface area contributed by atoms with Crippen LogP contribution in [0.3, 0.4) is 0 Å². The van der Waals surface area contributed by atoms with Crippen molar-refractivity contribution in [2.75, 3.05) is 24.5 Å². The number of nitrogens with one attached hydrogen (secondary N) is 1. The van der Waals surface area contributed by atoms with Crippen molar-refractivity contribution in [3.05, 3.63) is 42.6 Å². The second kappa shape index (κ2) is 7.00. The first-order valence-electron chi connectivity index (χ1n) is 10.0. The molecule has 7 nitrogen and oxygen atoms in total. The van der Waals surface area contributed by atoms with Gasteiger partial charge in [0.25, 0.3) is 0 Å². The fourth-order valence-corrected chi connectivity index (χ4v) is 4.14. The number of rotatable bonds is 4. The molecular formula is C22H24N6O. The third-order valence-electron chi connectivity index (χ3n) is 5.55. The Morgan fingerprint density at radius 2 is 1.93 bits per heavy atom. The highest BCUT2D eigenvalue weighted by atomic mass is 16.3. The van der Waals surface area contributed by atoms with Crippen LogP contribution in [-0.4, -0.2) is 50.5 Å². The molecule has 0 saturated carbocycles. The summed E-state index contributed by atoms with van der Waals surface area (Å²) in [4.78, 5) is 11.9. The minimum Gasteiger partial charge on any atom is -0.507 e. The number of aryl methyl sites for hydroxylation is 1. The van der Waals surface area contributed by atoms with Crippen molar-refractivity contribution in [3.8, 4) is 17.0 Å². The summed E-state index contributed by atoms with van der Waals surface area (Å²) in [5.41, 5.74) is 3.87. The Balaban J connectivity index is 1.48. The molecule has 1 fully saturated rings. The largest absolute Gasteiger partial charge is 0.507 e. The van der Waals surface area contributed by atoms with Crippen molar-refractivity contribution >= 4 is 27.8 Å². The van der Waals surface area contributed by atoms with Crippen LogP contribution in [0.1, 0.15) is 13.3 Å². The highest BCUT2D eigenvalue weighted by Crippen LogP contribution is 2.33. The Labute approximate surface area is 169 Å². The molecule has 0 bridgehead atoms. The van der Waals surface area contributed by atoms with Gasteiger partial charge in [-0.1, -0.05) is 6.92 Å². The number of hydrogen-bond donors (Lipinski definition) is 2. The van der Waals surface area contributed by atoms with Gasteiger partial charge in [-0.15, -0.1) is 0 Å². The van der Waals surface area contributed by atoms with Crippen LogP contribution in [-0.2, 0) is 7.05 Å². The molecule has 1 aliphatic rings. The van der Waals surface area contributed by atoms with Crippen molar-refractivity contribution in [1.82, 2.24) is 25.1 Å². The van der Waals surface area contributed by atoms with E-state index in [0.717, 1.165) is 59.5 Å². The van der Waals surface area contributed by atoms with Crippen molar-refractivity contribution < 1.29 is 5.11 Å². The maximum absolute atomic E-state index is 10.5. The molecule has 2 N–H and O–H groups in total. The summed E-state index contributed by atoms with van der Waals surface area (Å²) < 4.78 is 1.74. The van der Waals surface area contributed by atoms with E-state index in [9.17, 15) is 5.11 Å². The number of aromatic nitrogens is 4. The van der Waals surface area contributed by atoms with Crippen LogP contribution in [0.25, 0.3) is 33.2 Å². The van der Waals surface area contributed by atoms with Crippen LogP contribution in [0.15, 0.2) is 42.6 Å². The third-order valence-corrected chi connectivity index (χ3v) is 5.55. The fourth-order valence-electron chi connectivity index (χ4n) is 4.14. The minimum absolute atomic E-state index is 0.180. The zero-order chi connectivity index (χ0) is 20.0. The second-order valence-corrected chi connectivity index (χ2v) is 7.62. The van der Waals surface area contributed by atoms with Gasteiger partial charge >= 0.3 is 0 Å². The van der Waals surface area contributed by atoms with E-state index in [1.54, 1.807) is 10.7 Å². The maximum atomic E-state index is 10.5. The molecule has 4 heterocycles. The number of pyridine rings is 2. The number of anilines is 1. The molecule has 7 heteroatoms. The van der Waals surface area contributed by atoms with Crippen LogP contribution in [0, 0.1) is 0 Å². The first-order valence-corrected chi connectivity index (χ1v) is 10.0. The Morgan fingerprint density at radius 1 is 1.10 bits per heavy atom. The molecular weight excluding hydrogens is 364 g/mol. The first kappa shape index (κ1) is 17.9. The number of nitrogens with zero attached hydrogens (tertiary/aromatic N) is 5. The van der Waals surface area contributed by atoms with E-state index in [0.29, 0.717) is 11.6 Å². The summed E-state index contributed by atoms with van der Waals surface area (Å²) in [6.07, 6.45) is 3.07. The average Bonchev–Trinajstić information content (AvgIpc) is 3.32. The molecule has 29 heavy (non-hydrogen) atoms. The van der Waals surface area contributed by atoms with Gasteiger partial charge in [0.05, 0.1) is 22.2 Å². The fraction of sp³-hybridized carbons (Fsp3) is 0.318. The predicted octanol–water partition coefficient (Wildman–Crippen LogP) is 3.08. The van der Waals surface area contributed by atoms with Gasteiger partial charge in [-0.25, -0.2) is 9.97 Å². The molecule has 148 valence electrons. The lowest BCUT2D eigenvalue weighted by atomic mass is 10.1. The van der Waals surface area contributed by atoms with Crippen molar-refractivity contribution in [3.63, 3.8) is 0 Å². The van der Waals surface area contributed by atoms with Gasteiger partial charge in [0.1, 0.15) is 11.6 Å². The van der Waals surface area contributed by atoms with E-state index < -0.39 is 0 Å². The molecule has 4 aromatic rings. The molecule has 5 rings (SSSR count). The number of phenols is 1. The number of likely N-dealkylation sites (N-methyl/N-ethyl adjacent to an activating group) is 1. The number of aromatic hydroxyl groups is 1. The van der Waals surface area contributed by atoms with Gasteiger partial charge < -0.3 is 15.3 Å². The topological polar surface area (TPSA) is 79.1 Å². The van der Waals surface area contributed by atoms with Gasteiger partial charge in [0.2, 0.25) is 0 Å². The number of fused-ring (bicyclic) bond motifs is 2. The van der Waals surface area contributed by atoms with E-state index in [1.165, 1.54) is 0 Å². The van der Waals surface area contributed by atoms with E-state index in [1.807, 2.05) is 43.6 Å². The lowest BCUT2D eigenvalue weighted by Gasteiger charge is -2.18. The SMILES string of the molecule is CCNC1CCN(c2ccc3nc(-c4cc5cn(C)nc5cc4O)ccc3n2)C1. The molecule has 1 saturated heterocycles. The van der Waals surface area contributed by atoms with Crippen LogP contribution in [0.5, 0.6) is 5.75 Å². The van der Waals surface area contributed by atoms with E-state index in [2.05, 4.69) is 22.2 Å². The lowest BCUT2D eigenvalue weighted by Crippen LogP contribution is -2.32. The molecule has 1 aliphatic heterocycles. The first-order chi connectivity index (χ1) is 14.1. The average molecular weight is 388 g/mol. The monoisotopic (exact) mass is 388 g/mol. The highest BCUT2D eigenvalue weighted by molar-refractivity contribution is 5.88. The Morgan fingerprint density at radius 3 is 2.79 bits per heavy atom. The molecule has 0 radical (unpaired) electrons. The summed E-state index contributed by atoms with van der Waals surface area (Å²) in [5.74, 6) is 1.17. The summed E-state index contributed by atoms with van der Waals surface area (Å²) >= 11 is 0. The molecule has 1 aromatic carbocycles. The Bertz CT molecular complexity index is 1200. The Hall–Kier alpha value is -3.19. The van der Waals surface area contributed by atoms with E-state index >= 15 is 0 Å². The van der Waals surface area contributed by atoms with Gasteiger partial charge in [0.15, 0.2) is 0 Å². The quantitative estimate of drug-likeness (QED) is 0.559. The van der Waals surface area contributed by atoms with E-state index in [-0.39, 0.29) is 5.75 Å². The van der Waals surface area contributed by atoms with E-state index in [4.69, 9.17) is 9.97 Å². The zero-order valence-corrected chi connectivity index (χ0v) is 16.6. The number of phenolic OH excluding ortho intramolecular Hbond substituents is 1. The number of benzene rings is 1. The molecule has 0 aliphatic carbocycles. The third kappa shape index (κ3) is 3.27. The van der Waals surface area contributed by atoms with Gasteiger partial charge in [-0.2, -0.15) is 5.10 Å².